The third-order valence-electron chi connectivity index (χ3n) is 3.80. The molecule has 0 spiro atoms. The number of aliphatic hydroxyl groups is 1. The lowest BCUT2D eigenvalue weighted by molar-refractivity contribution is 0.183. The molecule has 0 bridgehead atoms. The number of aromatic amines is 1. The van der Waals surface area contributed by atoms with Gasteiger partial charge in [-0.25, -0.2) is 4.79 Å². The Balaban J connectivity index is 1.84. The van der Waals surface area contributed by atoms with Crippen molar-refractivity contribution < 1.29 is 9.90 Å². The Labute approximate surface area is 131 Å². The topological polar surface area (TPSA) is 77.2 Å². The van der Waals surface area contributed by atoms with Crippen LogP contribution in [-0.4, -0.2) is 35.3 Å². The van der Waals surface area contributed by atoms with Crippen LogP contribution in [0, 0.1) is 0 Å². The van der Waals surface area contributed by atoms with E-state index in [1.165, 1.54) is 22.0 Å². The van der Waals surface area contributed by atoms with E-state index in [1.807, 2.05) is 6.20 Å². The van der Waals surface area contributed by atoms with Crippen LogP contribution in [0.25, 0.3) is 10.9 Å². The molecule has 0 aliphatic carbocycles. The maximum absolute atomic E-state index is 11.6. The van der Waals surface area contributed by atoms with E-state index in [1.54, 1.807) is 6.92 Å². The van der Waals surface area contributed by atoms with Gasteiger partial charge in [-0.3, -0.25) is 0 Å². The first-order valence-corrected chi connectivity index (χ1v) is 7.89. The summed E-state index contributed by atoms with van der Waals surface area (Å²) < 4.78 is 0. The Kier molecular flexibility index (Phi) is 5.83. The van der Waals surface area contributed by atoms with Gasteiger partial charge >= 0.3 is 6.03 Å². The third kappa shape index (κ3) is 4.24. The number of carbonyl (C=O) groups is 1. The van der Waals surface area contributed by atoms with Gasteiger partial charge in [0.2, 0.25) is 0 Å². The fraction of sp³-hybridized carbons (Fsp3) is 0.471. The van der Waals surface area contributed by atoms with E-state index in [2.05, 4.69) is 40.7 Å². The van der Waals surface area contributed by atoms with Crippen LogP contribution >= 0.6 is 0 Å². The number of aryl methyl sites for hydroxylation is 1. The van der Waals surface area contributed by atoms with Crippen molar-refractivity contribution in [3.63, 3.8) is 0 Å². The standard InChI is InChI=1S/C17H25N3O2/c1-3-13-5-4-6-15-14(11-20-16(13)15)8-10-19-17(22)18-9-7-12(2)21/h4-6,11-12,20-21H,3,7-10H2,1-2H3,(H2,18,19,22). The van der Waals surface area contributed by atoms with Crippen LogP contribution in [0.2, 0.25) is 0 Å². The van der Waals surface area contributed by atoms with Gasteiger partial charge in [0.15, 0.2) is 0 Å². The average Bonchev–Trinajstić information content (AvgIpc) is 2.90. The van der Waals surface area contributed by atoms with Gasteiger partial charge in [-0.1, -0.05) is 25.1 Å². The van der Waals surface area contributed by atoms with Crippen LogP contribution in [0.5, 0.6) is 0 Å². The first-order chi connectivity index (χ1) is 10.6. The van der Waals surface area contributed by atoms with Gasteiger partial charge in [0.05, 0.1) is 6.10 Å². The van der Waals surface area contributed by atoms with Crippen LogP contribution < -0.4 is 10.6 Å². The van der Waals surface area contributed by atoms with Crippen molar-refractivity contribution in [3.8, 4) is 0 Å². The molecular weight excluding hydrogens is 278 g/mol. The fourth-order valence-electron chi connectivity index (χ4n) is 2.54. The van der Waals surface area contributed by atoms with Gasteiger partial charge in [-0.05, 0) is 37.3 Å². The van der Waals surface area contributed by atoms with E-state index >= 15 is 0 Å². The van der Waals surface area contributed by atoms with Crippen LogP contribution in [0.4, 0.5) is 4.79 Å². The predicted molar refractivity (Wildman–Crippen MR) is 89.1 cm³/mol. The molecule has 2 amide bonds. The number of amides is 2. The molecule has 1 atom stereocenters. The number of carbonyl (C=O) groups excluding carboxylic acids is 1. The summed E-state index contributed by atoms with van der Waals surface area (Å²) in [5.74, 6) is 0. The fourth-order valence-corrected chi connectivity index (χ4v) is 2.54. The minimum Gasteiger partial charge on any atom is -0.393 e. The van der Waals surface area contributed by atoms with Gasteiger partial charge in [0.25, 0.3) is 0 Å². The maximum Gasteiger partial charge on any atom is 0.314 e. The molecule has 0 saturated carbocycles. The third-order valence-corrected chi connectivity index (χ3v) is 3.80. The maximum atomic E-state index is 11.6. The molecule has 22 heavy (non-hydrogen) atoms. The summed E-state index contributed by atoms with van der Waals surface area (Å²) >= 11 is 0. The number of aromatic nitrogens is 1. The number of hydrogen-bond acceptors (Lipinski definition) is 2. The molecule has 1 unspecified atom stereocenters. The molecule has 4 N–H and O–H groups in total. The quantitative estimate of drug-likeness (QED) is 0.633. The summed E-state index contributed by atoms with van der Waals surface area (Å²) in [6, 6.07) is 6.14. The first kappa shape index (κ1) is 16.4. The molecule has 2 rings (SSSR count). The highest BCUT2D eigenvalue weighted by molar-refractivity contribution is 5.86. The van der Waals surface area contributed by atoms with Crippen molar-refractivity contribution in [2.75, 3.05) is 13.1 Å². The summed E-state index contributed by atoms with van der Waals surface area (Å²) in [7, 11) is 0. The van der Waals surface area contributed by atoms with E-state index in [-0.39, 0.29) is 12.1 Å². The Morgan fingerprint density at radius 2 is 2.05 bits per heavy atom. The normalized spacial score (nSPS) is 12.3. The number of benzene rings is 1. The van der Waals surface area contributed by atoms with Gasteiger partial charge in [-0.2, -0.15) is 0 Å². The molecule has 1 heterocycles. The first-order valence-electron chi connectivity index (χ1n) is 7.89. The monoisotopic (exact) mass is 303 g/mol. The molecular formula is C17H25N3O2. The van der Waals surface area contributed by atoms with Crippen LogP contribution in [0.15, 0.2) is 24.4 Å². The molecule has 2 aromatic rings. The molecule has 1 aromatic carbocycles. The molecule has 0 aliphatic rings. The Morgan fingerprint density at radius 1 is 1.27 bits per heavy atom. The second-order valence-corrected chi connectivity index (χ2v) is 5.58. The van der Waals surface area contributed by atoms with E-state index in [9.17, 15) is 4.79 Å². The number of urea groups is 1. The van der Waals surface area contributed by atoms with E-state index in [0.29, 0.717) is 19.5 Å². The average molecular weight is 303 g/mol. The van der Waals surface area contributed by atoms with Crippen molar-refractivity contribution in [3.05, 3.63) is 35.5 Å². The lowest BCUT2D eigenvalue weighted by Crippen LogP contribution is -2.37. The zero-order chi connectivity index (χ0) is 15.9. The van der Waals surface area contributed by atoms with Crippen molar-refractivity contribution in [1.29, 1.82) is 0 Å². The molecule has 120 valence electrons. The minimum atomic E-state index is -0.390. The Morgan fingerprint density at radius 3 is 2.77 bits per heavy atom. The van der Waals surface area contributed by atoms with Gasteiger partial charge in [0, 0.05) is 30.2 Å². The van der Waals surface area contributed by atoms with Gasteiger partial charge < -0.3 is 20.7 Å². The molecule has 5 heteroatoms. The number of para-hydroxylation sites is 1. The van der Waals surface area contributed by atoms with Crippen molar-refractivity contribution in [2.45, 2.75) is 39.2 Å². The highest BCUT2D eigenvalue weighted by Gasteiger charge is 2.07. The summed E-state index contributed by atoms with van der Waals surface area (Å²) in [5, 5.41) is 15.9. The zero-order valence-electron chi connectivity index (χ0n) is 13.3. The SMILES string of the molecule is CCc1cccc2c(CCNC(=O)NCCC(C)O)c[nH]c12. The van der Waals surface area contributed by atoms with E-state index in [4.69, 9.17) is 5.11 Å². The number of aliphatic hydroxyl groups excluding tert-OH is 1. The Hall–Kier alpha value is -2.01. The molecule has 5 nitrogen and oxygen atoms in total. The number of fused-ring (bicyclic) bond motifs is 1. The highest BCUT2D eigenvalue weighted by atomic mass is 16.3. The van der Waals surface area contributed by atoms with Crippen LogP contribution in [0.1, 0.15) is 31.4 Å². The summed E-state index contributed by atoms with van der Waals surface area (Å²) in [6.45, 7) is 4.93. The molecule has 0 aliphatic heterocycles. The van der Waals surface area contributed by atoms with E-state index in [0.717, 1.165) is 12.8 Å². The van der Waals surface area contributed by atoms with Gasteiger partial charge in [0.1, 0.15) is 0 Å². The highest BCUT2D eigenvalue weighted by Crippen LogP contribution is 2.22. The lowest BCUT2D eigenvalue weighted by Gasteiger charge is -2.08. The van der Waals surface area contributed by atoms with Gasteiger partial charge in [-0.15, -0.1) is 0 Å². The second kappa shape index (κ2) is 7.84. The second-order valence-electron chi connectivity index (χ2n) is 5.58. The summed E-state index contributed by atoms with van der Waals surface area (Å²) in [5.41, 5.74) is 3.73. The van der Waals surface area contributed by atoms with E-state index < -0.39 is 0 Å². The zero-order valence-corrected chi connectivity index (χ0v) is 13.3. The van der Waals surface area contributed by atoms with Crippen molar-refractivity contribution in [2.24, 2.45) is 0 Å². The number of rotatable bonds is 7. The number of hydrogen-bond donors (Lipinski definition) is 4. The summed E-state index contributed by atoms with van der Waals surface area (Å²) in [4.78, 5) is 14.9. The largest absolute Gasteiger partial charge is 0.393 e. The summed E-state index contributed by atoms with van der Waals surface area (Å²) in [6.07, 6.45) is 3.99. The van der Waals surface area contributed by atoms with Crippen LogP contribution in [-0.2, 0) is 12.8 Å². The van der Waals surface area contributed by atoms with Crippen molar-refractivity contribution >= 4 is 16.9 Å². The Bertz CT molecular complexity index is 619. The lowest BCUT2D eigenvalue weighted by atomic mass is 10.1. The van der Waals surface area contributed by atoms with Crippen molar-refractivity contribution in [1.82, 2.24) is 15.6 Å². The minimum absolute atomic E-state index is 0.185. The predicted octanol–water partition coefficient (Wildman–Crippen LogP) is 2.34. The molecule has 0 radical (unpaired) electrons. The smallest absolute Gasteiger partial charge is 0.314 e. The van der Waals surface area contributed by atoms with Crippen LogP contribution in [0.3, 0.4) is 0 Å². The molecule has 1 aromatic heterocycles. The number of nitrogens with one attached hydrogen (secondary N) is 3. The number of H-pyrrole nitrogens is 1. The molecule has 0 fully saturated rings. The molecule has 0 saturated heterocycles.